The van der Waals surface area contributed by atoms with Crippen molar-refractivity contribution in [3.05, 3.63) is 0 Å². The molecular formula is CH5Cl2NO. The molecule has 0 aromatic rings. The van der Waals surface area contributed by atoms with Gasteiger partial charge in [0.2, 0.25) is 0 Å². The third-order valence-corrected chi connectivity index (χ3v) is 0. The maximum Gasteiger partial charge on any atom is 0.0462 e. The normalized spacial score (nSPS) is 0.400. The number of hydrogen-bond donors (Lipinski definition) is 0. The van der Waals surface area contributed by atoms with Gasteiger partial charge in [0.1, 0.15) is 0 Å². The van der Waals surface area contributed by atoms with Crippen molar-refractivity contribution >= 4 is 24.8 Å². The van der Waals surface area contributed by atoms with Gasteiger partial charge in [0.15, 0.2) is 0 Å². The minimum absolute atomic E-state index is 0. The summed E-state index contributed by atoms with van der Waals surface area (Å²) in [7, 11) is 0. The standard InChI is InChI=1S/CHN.2ClH.H2O/c1-2;;;/h1H;2*1H;1H2. The van der Waals surface area contributed by atoms with Gasteiger partial charge in [-0.1, -0.05) is 0 Å². The van der Waals surface area contributed by atoms with Gasteiger partial charge in [-0.05, 0) is 0 Å². The lowest BCUT2D eigenvalue weighted by Crippen LogP contribution is -0.569. The Morgan fingerprint density at radius 3 is 1.00 bits per heavy atom. The SMILES string of the molecule is C#N.Cl.Cl.O. The lowest BCUT2D eigenvalue weighted by atomic mass is 11.9. The Morgan fingerprint density at radius 2 is 1.00 bits per heavy atom. The van der Waals surface area contributed by atoms with Crippen LogP contribution in [0.3, 0.4) is 0 Å². The molecule has 4 heteroatoms. The Morgan fingerprint density at radius 1 is 1.00 bits per heavy atom. The Labute approximate surface area is 42.9 Å². The van der Waals surface area contributed by atoms with E-state index in [2.05, 4.69) is 6.57 Å². The highest BCUT2D eigenvalue weighted by Crippen LogP contribution is 0.691. The lowest BCUT2D eigenvalue weighted by Gasteiger charge is -0.668. The third kappa shape index (κ3) is 18500. The number of rotatable bonds is 0. The molecule has 0 aromatic carbocycles. The highest BCUT2D eigenvalue weighted by molar-refractivity contribution is 5.85. The lowest BCUT2D eigenvalue weighted by molar-refractivity contribution is 0.824. The van der Waals surface area contributed by atoms with E-state index in [-0.39, 0.29) is 30.3 Å². The minimum atomic E-state index is 0. The second-order valence-corrected chi connectivity index (χ2v) is 0. The Bertz CT molecular complexity index is 14.4. The Balaban J connectivity index is -0.00000000167. The fourth-order valence-corrected chi connectivity index (χ4v) is 0. The van der Waals surface area contributed by atoms with E-state index in [1.54, 1.807) is 0 Å². The monoisotopic (exact) mass is 117 g/mol. The topological polar surface area (TPSA) is 55.3 Å². The van der Waals surface area contributed by atoms with Crippen molar-refractivity contribution in [1.29, 1.82) is 5.26 Å². The van der Waals surface area contributed by atoms with E-state index >= 15 is 0 Å². The van der Waals surface area contributed by atoms with Gasteiger partial charge in [-0.15, -0.1) is 24.8 Å². The third-order valence-electron chi connectivity index (χ3n) is 0. The van der Waals surface area contributed by atoms with Gasteiger partial charge in [-0.2, -0.15) is 0 Å². The summed E-state index contributed by atoms with van der Waals surface area (Å²) < 4.78 is 0. The quantitative estimate of drug-likeness (QED) is 0.446. The molecule has 0 aromatic heterocycles. The van der Waals surface area contributed by atoms with Crippen LogP contribution in [0, 0.1) is 11.8 Å². The van der Waals surface area contributed by atoms with E-state index in [0.29, 0.717) is 0 Å². The fourth-order valence-electron chi connectivity index (χ4n) is 0. The highest BCUT2D eigenvalue weighted by atomic mass is 35.5. The average molecular weight is 118 g/mol. The van der Waals surface area contributed by atoms with Gasteiger partial charge in [-0.25, -0.2) is 5.26 Å². The van der Waals surface area contributed by atoms with Crippen molar-refractivity contribution in [3.8, 4) is 6.57 Å². The molecule has 0 rings (SSSR count). The molecule has 0 unspecified atom stereocenters. The second kappa shape index (κ2) is 41100. The van der Waals surface area contributed by atoms with Gasteiger partial charge in [-0.3, -0.25) is 0 Å². The van der Waals surface area contributed by atoms with Crippen molar-refractivity contribution in [2.75, 3.05) is 0 Å². The van der Waals surface area contributed by atoms with Gasteiger partial charge in [0, 0.05) is 6.57 Å². The van der Waals surface area contributed by atoms with E-state index in [4.69, 9.17) is 5.26 Å². The number of nitrogens with zero attached hydrogens (tertiary/aromatic N) is 1. The molecule has 34 valence electrons. The van der Waals surface area contributed by atoms with Crippen LogP contribution >= 0.6 is 24.8 Å². The zero-order valence-electron chi connectivity index (χ0n) is 2.34. The van der Waals surface area contributed by atoms with Crippen molar-refractivity contribution in [2.24, 2.45) is 0 Å². The molecule has 0 amide bonds. The molecular weight excluding hydrogens is 113 g/mol. The maximum atomic E-state index is 6.50. The van der Waals surface area contributed by atoms with Crippen LogP contribution in [0.25, 0.3) is 0 Å². The fraction of sp³-hybridized carbons (Fsp3) is 0. The Hall–Kier alpha value is 0.0300. The van der Waals surface area contributed by atoms with Gasteiger partial charge < -0.3 is 5.48 Å². The first-order valence-electron chi connectivity index (χ1n) is 0.258. The molecule has 0 bridgehead atoms. The van der Waals surface area contributed by atoms with Crippen LogP contribution in [0.2, 0.25) is 0 Å². The molecule has 0 heterocycles. The molecule has 0 aliphatic carbocycles. The summed E-state index contributed by atoms with van der Waals surface area (Å²) in [5.41, 5.74) is 0. The van der Waals surface area contributed by atoms with Crippen LogP contribution in [-0.2, 0) is 0 Å². The highest BCUT2D eigenvalue weighted by Gasteiger charge is 0.513. The summed E-state index contributed by atoms with van der Waals surface area (Å²) in [4.78, 5) is 0. The van der Waals surface area contributed by atoms with Crippen molar-refractivity contribution in [1.82, 2.24) is 0 Å². The van der Waals surface area contributed by atoms with Crippen molar-refractivity contribution in [3.63, 3.8) is 0 Å². The predicted octanol–water partition coefficient (Wildman–Crippen LogP) is 0.159. The average Bonchev–Trinajstić information content (AvgIpc) is 1.00. The summed E-state index contributed by atoms with van der Waals surface area (Å²) in [6, 6.07) is 0. The minimum Gasteiger partial charge on any atom is -0.412 e. The van der Waals surface area contributed by atoms with Crippen molar-refractivity contribution in [2.45, 2.75) is 0 Å². The summed E-state index contributed by atoms with van der Waals surface area (Å²) in [5, 5.41) is 6.50. The molecule has 2 nitrogen and oxygen atoms in total. The maximum absolute atomic E-state index is 6.50. The number of hydrogen-bond acceptors (Lipinski definition) is 1. The molecule has 0 aliphatic rings. The van der Waals surface area contributed by atoms with E-state index in [9.17, 15) is 0 Å². The summed E-state index contributed by atoms with van der Waals surface area (Å²) in [5.74, 6) is 0. The predicted molar refractivity (Wildman–Crippen MR) is 24.8 cm³/mol. The van der Waals surface area contributed by atoms with Crippen LogP contribution in [0.15, 0.2) is 0 Å². The largest absolute Gasteiger partial charge is 0.412 e. The zero-order chi connectivity index (χ0) is 2.00. The molecule has 5 heavy (non-hydrogen) atoms. The molecule has 0 atom stereocenters. The molecule has 0 fully saturated rings. The van der Waals surface area contributed by atoms with E-state index < -0.39 is 0 Å². The van der Waals surface area contributed by atoms with Crippen LogP contribution in [0.4, 0.5) is 0 Å². The summed E-state index contributed by atoms with van der Waals surface area (Å²) in [6.07, 6.45) is 0. The molecule has 0 aliphatic heterocycles. The first-order valence-corrected chi connectivity index (χ1v) is 0.258. The van der Waals surface area contributed by atoms with E-state index in [0.717, 1.165) is 0 Å². The summed E-state index contributed by atoms with van der Waals surface area (Å²) >= 11 is 0. The van der Waals surface area contributed by atoms with E-state index in [1.165, 1.54) is 0 Å². The van der Waals surface area contributed by atoms with Crippen LogP contribution < -0.4 is 0 Å². The molecule has 0 saturated heterocycles. The zero-order valence-corrected chi connectivity index (χ0v) is 3.97. The first-order chi connectivity index (χ1) is 1.00. The van der Waals surface area contributed by atoms with Crippen LogP contribution in [0.1, 0.15) is 0 Å². The number of halogens is 2. The molecule has 0 saturated carbocycles. The van der Waals surface area contributed by atoms with E-state index in [1.807, 2.05) is 0 Å². The Kier molecular flexibility index (Phi) is 633000. The smallest absolute Gasteiger partial charge is 0.0462 e. The van der Waals surface area contributed by atoms with Gasteiger partial charge in [0.05, 0.1) is 0 Å². The van der Waals surface area contributed by atoms with Crippen LogP contribution in [-0.4, -0.2) is 5.48 Å². The van der Waals surface area contributed by atoms with Crippen molar-refractivity contribution < 1.29 is 5.48 Å². The first kappa shape index (κ1) is 77.0. The number of nitriles is 1. The second-order valence-electron chi connectivity index (χ2n) is 0. The van der Waals surface area contributed by atoms with Crippen LogP contribution in [0.5, 0.6) is 0 Å². The molecule has 0 spiro atoms. The molecule has 0 radical (unpaired) electrons. The van der Waals surface area contributed by atoms with Gasteiger partial charge >= 0.3 is 0 Å². The van der Waals surface area contributed by atoms with Gasteiger partial charge in [0.25, 0.3) is 0 Å². The summed E-state index contributed by atoms with van der Waals surface area (Å²) in [6.45, 7) is 3.50. The molecule has 2 N–H and O–H groups in total.